The number of amides is 2. The summed E-state index contributed by atoms with van der Waals surface area (Å²) < 4.78 is 27.1. The minimum atomic E-state index is -1.06. The molecule has 5 atom stereocenters. The number of carbonyl (C=O) groups is 4. The molecule has 2 saturated heterocycles. The first-order chi connectivity index (χ1) is 14.7. The van der Waals surface area contributed by atoms with Crippen LogP contribution in [0.2, 0.25) is 0 Å². The van der Waals surface area contributed by atoms with Gasteiger partial charge in [0.15, 0.2) is 18.4 Å². The molecule has 11 nitrogen and oxygen atoms in total. The first-order valence-electron chi connectivity index (χ1n) is 9.59. The van der Waals surface area contributed by atoms with Gasteiger partial charge in [0.1, 0.15) is 24.5 Å². The molecular weight excluding hydrogens is 412 g/mol. The van der Waals surface area contributed by atoms with Crippen molar-refractivity contribution >= 4 is 29.6 Å². The lowest BCUT2D eigenvalue weighted by Crippen LogP contribution is -2.49. The number of carbonyl (C=O) groups excluding carboxylic acids is 4. The van der Waals surface area contributed by atoms with Crippen molar-refractivity contribution in [1.82, 2.24) is 5.32 Å². The Hall–Kier alpha value is -3.34. The summed E-state index contributed by atoms with van der Waals surface area (Å²) in [5.41, 5.74) is 0.446. The number of anilines is 1. The first-order valence-corrected chi connectivity index (χ1v) is 9.59. The van der Waals surface area contributed by atoms with Gasteiger partial charge >= 0.3 is 23.9 Å². The van der Waals surface area contributed by atoms with Gasteiger partial charge in [-0.3, -0.25) is 19.3 Å². The summed E-state index contributed by atoms with van der Waals surface area (Å²) in [5.74, 6) is -1.39. The van der Waals surface area contributed by atoms with Crippen LogP contribution < -0.4 is 15.0 Å². The lowest BCUT2D eigenvalue weighted by atomic mass is 10.0. The Balaban J connectivity index is 1.95. The maximum absolute atomic E-state index is 12.7. The summed E-state index contributed by atoms with van der Waals surface area (Å²) in [6.45, 7) is 3.31. The zero-order valence-electron chi connectivity index (χ0n) is 17.5. The second-order valence-electron chi connectivity index (χ2n) is 7.03. The highest BCUT2D eigenvalue weighted by atomic mass is 16.6. The van der Waals surface area contributed by atoms with Gasteiger partial charge in [0.05, 0.1) is 12.8 Å². The van der Waals surface area contributed by atoms with Crippen LogP contribution in [0.5, 0.6) is 5.75 Å². The number of para-hydroxylation sites is 2. The molecule has 11 heteroatoms. The van der Waals surface area contributed by atoms with E-state index in [1.807, 2.05) is 0 Å². The molecule has 0 bridgehead atoms. The third kappa shape index (κ3) is 4.71. The molecule has 0 saturated carbocycles. The fourth-order valence-electron chi connectivity index (χ4n) is 3.71. The van der Waals surface area contributed by atoms with Gasteiger partial charge in [-0.1, -0.05) is 12.1 Å². The molecule has 1 aromatic carbocycles. The minimum absolute atomic E-state index is 0.306. The molecule has 0 radical (unpaired) electrons. The van der Waals surface area contributed by atoms with Crippen LogP contribution in [0.15, 0.2) is 24.3 Å². The van der Waals surface area contributed by atoms with Crippen molar-refractivity contribution in [3.8, 4) is 5.75 Å². The third-order valence-electron chi connectivity index (χ3n) is 4.83. The third-order valence-corrected chi connectivity index (χ3v) is 4.83. The topological polar surface area (TPSA) is 130 Å². The smallest absolute Gasteiger partial charge is 0.324 e. The SMILES string of the molecule is COc1ccccc1N1C(=O)N[C@@H]2[C@@H](OC(C)=O)[C@@H]([C@@H](COC(C)=O)OC(C)=O)O[C@@H]21. The van der Waals surface area contributed by atoms with Gasteiger partial charge in [0.25, 0.3) is 0 Å². The molecule has 2 amide bonds. The normalized spacial score (nSPS) is 25.3. The van der Waals surface area contributed by atoms with Gasteiger partial charge < -0.3 is 29.0 Å². The number of esters is 3. The molecule has 0 aliphatic carbocycles. The largest absolute Gasteiger partial charge is 0.495 e. The number of hydrogen-bond donors (Lipinski definition) is 1. The molecule has 168 valence electrons. The maximum atomic E-state index is 12.7. The molecule has 1 N–H and O–H groups in total. The van der Waals surface area contributed by atoms with Crippen molar-refractivity contribution in [2.75, 3.05) is 18.6 Å². The van der Waals surface area contributed by atoms with E-state index in [1.54, 1.807) is 24.3 Å². The van der Waals surface area contributed by atoms with E-state index in [4.69, 9.17) is 23.7 Å². The molecule has 2 fully saturated rings. The van der Waals surface area contributed by atoms with Crippen LogP contribution in [-0.4, -0.2) is 68.2 Å². The zero-order chi connectivity index (χ0) is 22.7. The highest BCUT2D eigenvalue weighted by Gasteiger charge is 2.58. The van der Waals surface area contributed by atoms with Gasteiger partial charge in [-0.25, -0.2) is 4.79 Å². The molecule has 0 spiro atoms. The number of urea groups is 1. The number of fused-ring (bicyclic) bond motifs is 1. The van der Waals surface area contributed by atoms with Crippen LogP contribution in [0, 0.1) is 0 Å². The van der Waals surface area contributed by atoms with Crippen LogP contribution in [-0.2, 0) is 33.3 Å². The van der Waals surface area contributed by atoms with E-state index in [1.165, 1.54) is 32.8 Å². The summed E-state index contributed by atoms with van der Waals surface area (Å²) in [5, 5.41) is 2.76. The van der Waals surface area contributed by atoms with Gasteiger partial charge in [-0.15, -0.1) is 0 Å². The predicted molar refractivity (Wildman–Crippen MR) is 104 cm³/mol. The van der Waals surface area contributed by atoms with Crippen LogP contribution in [0.3, 0.4) is 0 Å². The molecule has 2 aliphatic heterocycles. The quantitative estimate of drug-likeness (QED) is 0.486. The highest BCUT2D eigenvalue weighted by molar-refractivity contribution is 5.97. The van der Waals surface area contributed by atoms with Crippen molar-refractivity contribution in [2.24, 2.45) is 0 Å². The summed E-state index contributed by atoms with van der Waals surface area (Å²) in [4.78, 5) is 48.8. The molecule has 2 aliphatic rings. The Morgan fingerprint density at radius 3 is 2.45 bits per heavy atom. The van der Waals surface area contributed by atoms with E-state index in [0.717, 1.165) is 0 Å². The van der Waals surface area contributed by atoms with Crippen molar-refractivity contribution in [2.45, 2.75) is 51.4 Å². The Bertz CT molecular complexity index is 874. The standard InChI is InChI=1S/C20H24N2O9/c1-10(23)28-9-15(29-11(2)24)17-18(30-12(3)25)16-19(31-17)22(20(26)21-16)13-7-5-6-8-14(13)27-4/h5-8,15-19H,9H2,1-4H3,(H,21,26)/t15-,16-,17-,18-,19+/m1/s1. The number of nitrogens with zero attached hydrogens (tertiary/aromatic N) is 1. The minimum Gasteiger partial charge on any atom is -0.495 e. The first kappa shape index (κ1) is 22.3. The van der Waals surface area contributed by atoms with Gasteiger partial charge in [0.2, 0.25) is 0 Å². The van der Waals surface area contributed by atoms with Gasteiger partial charge in [0, 0.05) is 20.8 Å². The summed E-state index contributed by atoms with van der Waals surface area (Å²) in [7, 11) is 1.47. The lowest BCUT2D eigenvalue weighted by Gasteiger charge is -2.29. The molecule has 0 aromatic heterocycles. The second kappa shape index (κ2) is 9.21. The molecule has 3 rings (SSSR count). The fraction of sp³-hybridized carbons (Fsp3) is 0.500. The molecule has 2 heterocycles. The van der Waals surface area contributed by atoms with Gasteiger partial charge in [-0.2, -0.15) is 0 Å². The number of methoxy groups -OCH3 is 1. The second-order valence-corrected chi connectivity index (χ2v) is 7.03. The molecular formula is C20H24N2O9. The maximum Gasteiger partial charge on any atom is 0.324 e. The number of rotatable bonds is 7. The Kier molecular flexibility index (Phi) is 6.64. The van der Waals surface area contributed by atoms with Crippen LogP contribution in [0.1, 0.15) is 20.8 Å². The Morgan fingerprint density at radius 1 is 1.13 bits per heavy atom. The van der Waals surface area contributed by atoms with E-state index in [2.05, 4.69) is 5.32 Å². The average Bonchev–Trinajstić information content (AvgIpc) is 3.19. The lowest BCUT2D eigenvalue weighted by molar-refractivity contribution is -0.174. The summed E-state index contributed by atoms with van der Waals surface area (Å²) in [6.07, 6.45) is -3.95. The molecule has 0 unspecified atom stereocenters. The van der Waals surface area contributed by atoms with Crippen LogP contribution in [0.4, 0.5) is 10.5 Å². The van der Waals surface area contributed by atoms with Crippen LogP contribution >= 0.6 is 0 Å². The van der Waals surface area contributed by atoms with E-state index in [-0.39, 0.29) is 6.61 Å². The highest BCUT2D eigenvalue weighted by Crippen LogP contribution is 2.39. The number of nitrogens with one attached hydrogen (secondary N) is 1. The van der Waals surface area contributed by atoms with Crippen LogP contribution in [0.25, 0.3) is 0 Å². The number of ether oxygens (including phenoxy) is 5. The van der Waals surface area contributed by atoms with E-state index >= 15 is 0 Å². The summed E-state index contributed by atoms with van der Waals surface area (Å²) in [6, 6.07) is 5.62. The van der Waals surface area contributed by atoms with Crippen molar-refractivity contribution in [1.29, 1.82) is 0 Å². The number of benzene rings is 1. The van der Waals surface area contributed by atoms with E-state index in [9.17, 15) is 19.2 Å². The summed E-state index contributed by atoms with van der Waals surface area (Å²) >= 11 is 0. The van der Waals surface area contributed by atoms with E-state index < -0.39 is 54.5 Å². The van der Waals surface area contributed by atoms with Crippen molar-refractivity contribution in [3.05, 3.63) is 24.3 Å². The number of hydrogen-bond acceptors (Lipinski definition) is 9. The Morgan fingerprint density at radius 2 is 1.84 bits per heavy atom. The fourth-order valence-corrected chi connectivity index (χ4v) is 3.71. The molecule has 1 aromatic rings. The average molecular weight is 436 g/mol. The van der Waals surface area contributed by atoms with Gasteiger partial charge in [-0.05, 0) is 12.1 Å². The predicted octanol–water partition coefficient (Wildman–Crippen LogP) is 0.745. The van der Waals surface area contributed by atoms with Crippen molar-refractivity contribution in [3.63, 3.8) is 0 Å². The van der Waals surface area contributed by atoms with E-state index in [0.29, 0.717) is 11.4 Å². The van der Waals surface area contributed by atoms with Crippen molar-refractivity contribution < 1.29 is 42.9 Å². The Labute approximate surface area is 178 Å². The zero-order valence-corrected chi connectivity index (χ0v) is 17.5. The monoisotopic (exact) mass is 436 g/mol. The molecule has 31 heavy (non-hydrogen) atoms.